The van der Waals surface area contributed by atoms with Gasteiger partial charge < -0.3 is 0 Å². The lowest BCUT2D eigenvalue weighted by atomic mass is 9.79. The van der Waals surface area contributed by atoms with Crippen LogP contribution in [0.3, 0.4) is 0 Å². The molecule has 2 unspecified atom stereocenters. The Bertz CT molecular complexity index is 253. The van der Waals surface area contributed by atoms with E-state index in [2.05, 4.69) is 27.7 Å². The van der Waals surface area contributed by atoms with Crippen LogP contribution in [0.4, 0.5) is 8.78 Å². The van der Waals surface area contributed by atoms with Crippen LogP contribution < -0.4 is 0 Å². The summed E-state index contributed by atoms with van der Waals surface area (Å²) in [7, 11) is 0. The molecule has 14 heavy (non-hydrogen) atoms. The fourth-order valence-electron chi connectivity index (χ4n) is 3.76. The van der Waals surface area contributed by atoms with Crippen LogP contribution in [0.2, 0.25) is 0 Å². The van der Waals surface area contributed by atoms with Gasteiger partial charge in [-0.15, -0.1) is 0 Å². The Kier molecular flexibility index (Phi) is 1.86. The second-order valence-electron chi connectivity index (χ2n) is 6.45. The minimum atomic E-state index is -2.41. The molecule has 0 aromatic rings. The van der Waals surface area contributed by atoms with Crippen LogP contribution in [-0.2, 0) is 0 Å². The van der Waals surface area contributed by atoms with Crippen molar-refractivity contribution in [3.05, 3.63) is 0 Å². The Balaban J connectivity index is 2.24. The van der Waals surface area contributed by atoms with Crippen LogP contribution in [0, 0.1) is 22.7 Å². The molecule has 0 aliphatic heterocycles. The van der Waals surface area contributed by atoms with Crippen LogP contribution in [0.5, 0.6) is 0 Å². The van der Waals surface area contributed by atoms with Crippen LogP contribution in [0.1, 0.15) is 47.0 Å². The maximum absolute atomic E-state index is 13.4. The third kappa shape index (κ3) is 1.38. The fourth-order valence-corrected chi connectivity index (χ4v) is 3.76. The largest absolute Gasteiger partial charge is 0.248 e. The van der Waals surface area contributed by atoms with Crippen molar-refractivity contribution in [2.45, 2.75) is 52.9 Å². The number of alkyl halides is 2. The van der Waals surface area contributed by atoms with Crippen LogP contribution in [0.25, 0.3) is 0 Å². The molecule has 0 heterocycles. The van der Waals surface area contributed by atoms with Gasteiger partial charge in [0.25, 0.3) is 0 Å². The highest BCUT2D eigenvalue weighted by molar-refractivity contribution is 5.13. The molecule has 82 valence electrons. The molecule has 2 atom stereocenters. The van der Waals surface area contributed by atoms with Crippen molar-refractivity contribution in [1.29, 1.82) is 0 Å². The van der Waals surface area contributed by atoms with Crippen molar-refractivity contribution >= 4 is 0 Å². The predicted molar refractivity (Wildman–Crippen MR) is 53.3 cm³/mol. The van der Waals surface area contributed by atoms with Crippen molar-refractivity contribution in [2.24, 2.45) is 22.7 Å². The van der Waals surface area contributed by atoms with Crippen molar-refractivity contribution in [2.75, 3.05) is 0 Å². The first kappa shape index (κ1) is 10.4. The molecule has 0 saturated heterocycles. The van der Waals surface area contributed by atoms with Gasteiger partial charge in [-0.1, -0.05) is 27.7 Å². The Hall–Kier alpha value is -0.140. The molecule has 2 saturated carbocycles. The number of hydrogen-bond donors (Lipinski definition) is 0. The van der Waals surface area contributed by atoms with Gasteiger partial charge in [-0.3, -0.25) is 0 Å². The van der Waals surface area contributed by atoms with E-state index in [9.17, 15) is 8.78 Å². The summed E-state index contributed by atoms with van der Waals surface area (Å²) >= 11 is 0. The zero-order valence-corrected chi connectivity index (χ0v) is 9.53. The van der Waals surface area contributed by atoms with Crippen LogP contribution in [-0.4, -0.2) is 5.92 Å². The maximum atomic E-state index is 13.4. The lowest BCUT2D eigenvalue weighted by Gasteiger charge is -2.27. The summed E-state index contributed by atoms with van der Waals surface area (Å²) < 4.78 is 26.9. The minimum Gasteiger partial charge on any atom is -0.207 e. The average Bonchev–Trinajstić information content (AvgIpc) is 2.51. The van der Waals surface area contributed by atoms with E-state index < -0.39 is 5.92 Å². The lowest BCUT2D eigenvalue weighted by Crippen LogP contribution is -2.22. The first-order valence-corrected chi connectivity index (χ1v) is 5.55. The molecule has 0 radical (unpaired) electrons. The molecule has 2 fully saturated rings. The van der Waals surface area contributed by atoms with E-state index in [1.54, 1.807) is 0 Å². The average molecular weight is 202 g/mol. The molecular weight excluding hydrogens is 182 g/mol. The predicted octanol–water partition coefficient (Wildman–Crippen LogP) is 4.10. The van der Waals surface area contributed by atoms with E-state index in [1.165, 1.54) is 0 Å². The Morgan fingerprint density at radius 1 is 1.00 bits per heavy atom. The molecule has 2 aliphatic rings. The normalized spacial score (nSPS) is 42.4. The number of halogens is 2. The second-order valence-corrected chi connectivity index (χ2v) is 6.45. The number of hydrogen-bond acceptors (Lipinski definition) is 0. The molecule has 0 nitrogen and oxygen atoms in total. The maximum Gasteiger partial charge on any atom is 0.248 e. The fraction of sp³-hybridized carbons (Fsp3) is 1.00. The third-order valence-corrected chi connectivity index (χ3v) is 4.55. The quantitative estimate of drug-likeness (QED) is 0.554. The smallest absolute Gasteiger partial charge is 0.207 e. The van der Waals surface area contributed by atoms with Gasteiger partial charge >= 0.3 is 0 Å². The molecule has 2 heteroatoms. The monoisotopic (exact) mass is 202 g/mol. The first-order valence-electron chi connectivity index (χ1n) is 5.55. The summed E-state index contributed by atoms with van der Waals surface area (Å²) in [6.45, 7) is 8.60. The lowest BCUT2D eigenvalue weighted by molar-refractivity contribution is -0.0272. The summed E-state index contributed by atoms with van der Waals surface area (Å²) in [6.07, 6.45) is 0.877. The van der Waals surface area contributed by atoms with E-state index in [0.29, 0.717) is 12.3 Å². The van der Waals surface area contributed by atoms with Crippen molar-refractivity contribution < 1.29 is 8.78 Å². The Labute approximate surface area is 85.1 Å². The third-order valence-electron chi connectivity index (χ3n) is 4.55. The molecule has 0 N–H and O–H groups in total. The second kappa shape index (κ2) is 2.51. The van der Waals surface area contributed by atoms with E-state index in [4.69, 9.17) is 0 Å². The SMILES string of the molecule is CC1(C)CCC(F)(F)CC2C1C2(C)C. The van der Waals surface area contributed by atoms with Crippen molar-refractivity contribution in [3.8, 4) is 0 Å². The van der Waals surface area contributed by atoms with E-state index in [-0.39, 0.29) is 29.6 Å². The summed E-state index contributed by atoms with van der Waals surface area (Å²) in [4.78, 5) is 0. The Morgan fingerprint density at radius 2 is 1.57 bits per heavy atom. The molecule has 0 aromatic heterocycles. The van der Waals surface area contributed by atoms with E-state index >= 15 is 0 Å². The molecular formula is C12H20F2. The highest BCUT2D eigenvalue weighted by Gasteiger charge is 2.66. The number of fused-ring (bicyclic) bond motifs is 1. The summed E-state index contributed by atoms with van der Waals surface area (Å²) in [5, 5.41) is 0. The molecule has 2 rings (SSSR count). The molecule has 0 bridgehead atoms. The minimum absolute atomic E-state index is 0.0864. The van der Waals surface area contributed by atoms with Gasteiger partial charge in [0.2, 0.25) is 5.92 Å². The molecule has 0 spiro atoms. The molecule has 0 aromatic carbocycles. The summed E-state index contributed by atoms with van der Waals surface area (Å²) in [5.74, 6) is -1.66. The van der Waals surface area contributed by atoms with Gasteiger partial charge in [0, 0.05) is 12.8 Å². The van der Waals surface area contributed by atoms with Gasteiger partial charge in [-0.2, -0.15) is 0 Å². The zero-order valence-electron chi connectivity index (χ0n) is 9.53. The van der Waals surface area contributed by atoms with Crippen molar-refractivity contribution in [3.63, 3.8) is 0 Å². The van der Waals surface area contributed by atoms with Gasteiger partial charge in [0.15, 0.2) is 0 Å². The first-order chi connectivity index (χ1) is 6.17. The number of rotatable bonds is 0. The highest BCUT2D eigenvalue weighted by Crippen LogP contribution is 2.71. The van der Waals surface area contributed by atoms with Gasteiger partial charge in [-0.25, -0.2) is 8.78 Å². The van der Waals surface area contributed by atoms with Crippen LogP contribution >= 0.6 is 0 Å². The van der Waals surface area contributed by atoms with Crippen LogP contribution in [0.15, 0.2) is 0 Å². The van der Waals surface area contributed by atoms with E-state index in [0.717, 1.165) is 0 Å². The van der Waals surface area contributed by atoms with Crippen molar-refractivity contribution in [1.82, 2.24) is 0 Å². The van der Waals surface area contributed by atoms with Gasteiger partial charge in [0.1, 0.15) is 0 Å². The highest BCUT2D eigenvalue weighted by atomic mass is 19.3. The summed E-state index contributed by atoms with van der Waals surface area (Å²) in [5.41, 5.74) is 0.251. The van der Waals surface area contributed by atoms with Gasteiger partial charge in [0.05, 0.1) is 0 Å². The summed E-state index contributed by atoms with van der Waals surface area (Å²) in [6, 6.07) is 0. The molecule has 2 aliphatic carbocycles. The van der Waals surface area contributed by atoms with E-state index in [1.807, 2.05) is 0 Å². The standard InChI is InChI=1S/C12H20F2/c1-10(2)5-6-12(13,14)7-8-9(10)11(8,3)4/h8-9H,5-7H2,1-4H3. The zero-order chi connectivity index (χ0) is 10.8. The Morgan fingerprint density at radius 3 is 2.14 bits per heavy atom. The topological polar surface area (TPSA) is 0 Å². The molecule has 0 amide bonds. The van der Waals surface area contributed by atoms with Gasteiger partial charge in [-0.05, 0) is 29.1 Å².